The first-order valence-corrected chi connectivity index (χ1v) is 11.2. The smallest absolute Gasteiger partial charge is 0.264 e. The van der Waals surface area contributed by atoms with Crippen molar-refractivity contribution in [3.63, 3.8) is 0 Å². The summed E-state index contributed by atoms with van der Waals surface area (Å²) in [4.78, 5) is 15.4. The third-order valence-electron chi connectivity index (χ3n) is 4.76. The summed E-state index contributed by atoms with van der Waals surface area (Å²) in [5.74, 6) is -0.337. The van der Waals surface area contributed by atoms with Crippen LogP contribution >= 0.6 is 11.3 Å². The van der Waals surface area contributed by atoms with Gasteiger partial charge in [0, 0.05) is 22.7 Å². The van der Waals surface area contributed by atoms with E-state index in [2.05, 4.69) is 0 Å². The van der Waals surface area contributed by atoms with Gasteiger partial charge in [-0.15, -0.1) is 11.3 Å². The summed E-state index contributed by atoms with van der Waals surface area (Å²) < 4.78 is 38.6. The van der Waals surface area contributed by atoms with Gasteiger partial charge in [-0.05, 0) is 37.5 Å². The van der Waals surface area contributed by atoms with Crippen LogP contribution in [0.15, 0.2) is 18.2 Å². The van der Waals surface area contributed by atoms with Gasteiger partial charge < -0.3 is 4.90 Å². The number of benzene rings is 1. The normalized spacial score (nSPS) is 19.4. The number of amides is 1. The summed E-state index contributed by atoms with van der Waals surface area (Å²) in [6.45, 7) is 4.33. The number of rotatable bonds is 5. The zero-order valence-corrected chi connectivity index (χ0v) is 16.1. The van der Waals surface area contributed by atoms with Gasteiger partial charge in [0.2, 0.25) is 0 Å². The minimum atomic E-state index is -3.07. The Morgan fingerprint density at radius 3 is 2.76 bits per heavy atom. The monoisotopic (exact) mass is 383 g/mol. The first-order chi connectivity index (χ1) is 11.8. The molecule has 0 spiro atoms. The van der Waals surface area contributed by atoms with Crippen LogP contribution in [0.4, 0.5) is 4.39 Å². The number of halogens is 1. The van der Waals surface area contributed by atoms with Gasteiger partial charge >= 0.3 is 0 Å². The standard InChI is InChI=1S/C18H22FNO3S2/c1-3-4-9-20(13-8-10-25(22,23)11-13)18(21)17-12(2)16-14(19)6-5-7-15(16)24-17/h5-7,13H,3-4,8-11H2,1-2H3. The Kier molecular flexibility index (Phi) is 5.16. The van der Waals surface area contributed by atoms with Crippen LogP contribution in [-0.4, -0.2) is 43.3 Å². The van der Waals surface area contributed by atoms with Gasteiger partial charge in [-0.2, -0.15) is 0 Å². The fraction of sp³-hybridized carbons (Fsp3) is 0.500. The maximum atomic E-state index is 14.1. The topological polar surface area (TPSA) is 54.5 Å². The third-order valence-corrected chi connectivity index (χ3v) is 7.76. The molecule has 1 fully saturated rings. The number of hydrogen-bond donors (Lipinski definition) is 0. The number of unbranched alkanes of at least 4 members (excludes halogenated alkanes) is 1. The van der Waals surface area contributed by atoms with Crippen LogP contribution in [0.25, 0.3) is 10.1 Å². The quantitative estimate of drug-likeness (QED) is 0.790. The van der Waals surface area contributed by atoms with Crippen molar-refractivity contribution in [2.24, 2.45) is 0 Å². The Morgan fingerprint density at radius 1 is 1.40 bits per heavy atom. The molecule has 2 aromatic rings. The molecule has 0 radical (unpaired) electrons. The highest BCUT2D eigenvalue weighted by Crippen LogP contribution is 2.34. The predicted octanol–water partition coefficient (Wildman–Crippen LogP) is 3.78. The Morgan fingerprint density at radius 2 is 2.16 bits per heavy atom. The second-order valence-electron chi connectivity index (χ2n) is 6.58. The molecule has 3 rings (SSSR count). The van der Waals surface area contributed by atoms with E-state index in [0.29, 0.717) is 28.8 Å². The Hall–Kier alpha value is -1.47. The van der Waals surface area contributed by atoms with Gasteiger partial charge in [0.15, 0.2) is 9.84 Å². The molecule has 0 bridgehead atoms. The van der Waals surface area contributed by atoms with Crippen molar-refractivity contribution in [1.82, 2.24) is 4.90 Å². The number of carbonyl (C=O) groups excluding carboxylic acids is 1. The van der Waals surface area contributed by atoms with Crippen molar-refractivity contribution in [2.45, 2.75) is 39.2 Å². The van der Waals surface area contributed by atoms with E-state index in [1.807, 2.05) is 13.0 Å². The molecule has 4 nitrogen and oxygen atoms in total. The van der Waals surface area contributed by atoms with E-state index in [0.717, 1.165) is 17.5 Å². The molecular weight excluding hydrogens is 361 g/mol. The number of sulfone groups is 1. The van der Waals surface area contributed by atoms with E-state index in [1.165, 1.54) is 17.4 Å². The minimum absolute atomic E-state index is 0.0285. The number of hydrogen-bond acceptors (Lipinski definition) is 4. The van der Waals surface area contributed by atoms with Crippen molar-refractivity contribution >= 4 is 37.2 Å². The van der Waals surface area contributed by atoms with Gasteiger partial charge in [0.05, 0.1) is 16.4 Å². The molecule has 1 saturated heterocycles. The molecule has 7 heteroatoms. The maximum Gasteiger partial charge on any atom is 0.264 e. The SMILES string of the molecule is CCCCN(C(=O)c1sc2cccc(F)c2c1C)C1CCS(=O)(=O)C1. The zero-order valence-electron chi connectivity index (χ0n) is 14.4. The predicted molar refractivity (Wildman–Crippen MR) is 99.5 cm³/mol. The molecule has 1 aliphatic rings. The molecule has 1 aliphatic heterocycles. The summed E-state index contributed by atoms with van der Waals surface area (Å²) in [5.41, 5.74) is 0.644. The molecule has 0 aliphatic carbocycles. The Balaban J connectivity index is 1.97. The molecule has 0 saturated carbocycles. The molecule has 2 heterocycles. The number of carbonyl (C=O) groups is 1. The third kappa shape index (κ3) is 3.58. The minimum Gasteiger partial charge on any atom is -0.334 e. The average molecular weight is 384 g/mol. The van der Waals surface area contributed by atoms with E-state index >= 15 is 0 Å². The van der Waals surface area contributed by atoms with Crippen LogP contribution in [-0.2, 0) is 9.84 Å². The second kappa shape index (κ2) is 7.03. The lowest BCUT2D eigenvalue weighted by Gasteiger charge is -2.28. The van der Waals surface area contributed by atoms with E-state index in [9.17, 15) is 17.6 Å². The lowest BCUT2D eigenvalue weighted by Crippen LogP contribution is -2.41. The Bertz CT molecular complexity index is 904. The van der Waals surface area contributed by atoms with Crippen molar-refractivity contribution in [3.05, 3.63) is 34.5 Å². The molecule has 25 heavy (non-hydrogen) atoms. The van der Waals surface area contributed by atoms with Gasteiger partial charge in [0.1, 0.15) is 5.82 Å². The lowest BCUT2D eigenvalue weighted by atomic mass is 10.1. The number of thiophene rings is 1. The summed E-state index contributed by atoms with van der Waals surface area (Å²) >= 11 is 1.29. The molecule has 1 unspecified atom stereocenters. The van der Waals surface area contributed by atoms with Crippen molar-refractivity contribution < 1.29 is 17.6 Å². The van der Waals surface area contributed by atoms with Crippen LogP contribution in [0, 0.1) is 12.7 Å². The van der Waals surface area contributed by atoms with Gasteiger partial charge in [-0.25, -0.2) is 12.8 Å². The van der Waals surface area contributed by atoms with Crippen LogP contribution in [0.1, 0.15) is 41.4 Å². The highest BCUT2D eigenvalue weighted by Gasteiger charge is 2.35. The molecule has 1 atom stereocenters. The molecule has 1 aromatic heterocycles. The van der Waals surface area contributed by atoms with E-state index < -0.39 is 9.84 Å². The largest absolute Gasteiger partial charge is 0.334 e. The number of nitrogens with zero attached hydrogens (tertiary/aromatic N) is 1. The van der Waals surface area contributed by atoms with Gasteiger partial charge in [0.25, 0.3) is 5.91 Å². The summed E-state index contributed by atoms with van der Waals surface area (Å²) in [6, 6.07) is 4.57. The van der Waals surface area contributed by atoms with E-state index in [-0.39, 0.29) is 29.3 Å². The van der Waals surface area contributed by atoms with Crippen molar-refractivity contribution in [3.8, 4) is 0 Å². The van der Waals surface area contributed by atoms with Gasteiger partial charge in [-0.1, -0.05) is 19.4 Å². The zero-order chi connectivity index (χ0) is 18.2. The number of aryl methyl sites for hydroxylation is 1. The van der Waals surface area contributed by atoms with Crippen molar-refractivity contribution in [1.29, 1.82) is 0 Å². The van der Waals surface area contributed by atoms with Crippen LogP contribution in [0.2, 0.25) is 0 Å². The van der Waals surface area contributed by atoms with Crippen LogP contribution < -0.4 is 0 Å². The fourth-order valence-corrected chi connectivity index (χ4v) is 6.30. The van der Waals surface area contributed by atoms with Crippen LogP contribution in [0.3, 0.4) is 0 Å². The van der Waals surface area contributed by atoms with Crippen molar-refractivity contribution in [2.75, 3.05) is 18.1 Å². The van der Waals surface area contributed by atoms with Gasteiger partial charge in [-0.3, -0.25) is 4.79 Å². The molecule has 0 N–H and O–H groups in total. The summed E-state index contributed by atoms with van der Waals surface area (Å²) in [6.07, 6.45) is 2.22. The number of fused-ring (bicyclic) bond motifs is 1. The fourth-order valence-electron chi connectivity index (χ4n) is 3.39. The first kappa shape index (κ1) is 18.3. The molecular formula is C18H22FNO3S2. The maximum absolute atomic E-state index is 14.1. The average Bonchev–Trinajstić information content (AvgIpc) is 3.08. The van der Waals surface area contributed by atoms with Crippen LogP contribution in [0.5, 0.6) is 0 Å². The highest BCUT2D eigenvalue weighted by atomic mass is 32.2. The molecule has 1 amide bonds. The first-order valence-electron chi connectivity index (χ1n) is 8.53. The second-order valence-corrected chi connectivity index (χ2v) is 9.86. The van der Waals surface area contributed by atoms with E-state index in [1.54, 1.807) is 17.9 Å². The summed E-state index contributed by atoms with van der Waals surface area (Å²) in [7, 11) is -3.07. The molecule has 136 valence electrons. The van der Waals surface area contributed by atoms with E-state index in [4.69, 9.17) is 0 Å². The lowest BCUT2D eigenvalue weighted by molar-refractivity contribution is 0.0698. The molecule has 1 aromatic carbocycles. The summed E-state index contributed by atoms with van der Waals surface area (Å²) in [5, 5.41) is 0.491. The highest BCUT2D eigenvalue weighted by molar-refractivity contribution is 7.91. The Labute approximate surface area is 151 Å².